The summed E-state index contributed by atoms with van der Waals surface area (Å²) in [6.45, 7) is 3.71. The van der Waals surface area contributed by atoms with E-state index in [0.717, 1.165) is 18.4 Å². The van der Waals surface area contributed by atoms with Crippen molar-refractivity contribution in [2.45, 2.75) is 42.9 Å². The number of aryl methyl sites for hydroxylation is 1. The summed E-state index contributed by atoms with van der Waals surface area (Å²) in [7, 11) is -3.20. The summed E-state index contributed by atoms with van der Waals surface area (Å²) in [4.78, 5) is 0.436. The molecule has 2 N–H and O–H groups in total. The lowest BCUT2D eigenvalue weighted by atomic mass is 9.79. The highest BCUT2D eigenvalue weighted by Crippen LogP contribution is 2.34. The maximum Gasteiger partial charge on any atom is 0.181 e. The molecule has 1 atom stereocenters. The van der Waals surface area contributed by atoms with E-state index in [4.69, 9.17) is 5.73 Å². The van der Waals surface area contributed by atoms with Crippen molar-refractivity contribution in [1.82, 2.24) is 0 Å². The molecule has 0 spiro atoms. The Morgan fingerprint density at radius 1 is 1.35 bits per heavy atom. The summed E-state index contributed by atoms with van der Waals surface area (Å²) in [5.41, 5.74) is 6.69. The first-order valence-electron chi connectivity index (χ1n) is 5.97. The molecule has 0 bridgehead atoms. The van der Waals surface area contributed by atoms with E-state index in [0.29, 0.717) is 4.90 Å². The van der Waals surface area contributed by atoms with Gasteiger partial charge in [-0.1, -0.05) is 12.1 Å². The molecule has 0 aromatic heterocycles. The van der Waals surface area contributed by atoms with Gasteiger partial charge in [0.15, 0.2) is 9.84 Å². The molecule has 0 radical (unpaired) electrons. The number of rotatable bonds is 3. The first kappa shape index (κ1) is 12.6. The second-order valence-electron chi connectivity index (χ2n) is 5.06. The normalized spacial score (nSPS) is 26.3. The zero-order chi connectivity index (χ0) is 12.6. The van der Waals surface area contributed by atoms with Crippen LogP contribution in [0.4, 0.5) is 0 Å². The van der Waals surface area contributed by atoms with Gasteiger partial charge in [0.25, 0.3) is 0 Å². The van der Waals surface area contributed by atoms with Gasteiger partial charge in [0, 0.05) is 6.04 Å². The fraction of sp³-hybridized carbons (Fsp3) is 0.538. The first-order chi connectivity index (χ1) is 7.91. The van der Waals surface area contributed by atoms with E-state index in [1.165, 1.54) is 0 Å². The van der Waals surface area contributed by atoms with E-state index in [9.17, 15) is 8.42 Å². The molecule has 1 aliphatic rings. The molecule has 0 aliphatic heterocycles. The molecule has 17 heavy (non-hydrogen) atoms. The van der Waals surface area contributed by atoms with Crippen LogP contribution < -0.4 is 5.73 Å². The van der Waals surface area contributed by atoms with Gasteiger partial charge in [-0.05, 0) is 50.3 Å². The van der Waals surface area contributed by atoms with Gasteiger partial charge in [-0.3, -0.25) is 0 Å². The number of sulfone groups is 1. The Morgan fingerprint density at radius 2 is 2.00 bits per heavy atom. The van der Waals surface area contributed by atoms with E-state index in [2.05, 4.69) is 0 Å². The van der Waals surface area contributed by atoms with Gasteiger partial charge in [0.2, 0.25) is 0 Å². The number of benzene rings is 1. The van der Waals surface area contributed by atoms with Gasteiger partial charge in [-0.15, -0.1) is 0 Å². The first-order valence-corrected chi connectivity index (χ1v) is 7.52. The smallest absolute Gasteiger partial charge is 0.181 e. The Hall–Kier alpha value is -0.870. The van der Waals surface area contributed by atoms with Gasteiger partial charge < -0.3 is 5.73 Å². The van der Waals surface area contributed by atoms with E-state index >= 15 is 0 Å². The van der Waals surface area contributed by atoms with Crippen molar-refractivity contribution >= 4 is 9.84 Å². The van der Waals surface area contributed by atoms with Crippen molar-refractivity contribution in [3.05, 3.63) is 29.8 Å². The van der Waals surface area contributed by atoms with Gasteiger partial charge >= 0.3 is 0 Å². The van der Waals surface area contributed by atoms with E-state index in [1.54, 1.807) is 25.1 Å². The molecule has 1 fully saturated rings. The summed E-state index contributed by atoms with van der Waals surface area (Å²) in [5.74, 6) is 0.218. The van der Waals surface area contributed by atoms with Crippen LogP contribution in [0.1, 0.15) is 25.3 Å². The molecule has 0 amide bonds. The highest BCUT2D eigenvalue weighted by atomic mass is 32.2. The monoisotopic (exact) mass is 253 g/mol. The predicted octanol–water partition coefficient (Wildman–Crippen LogP) is 1.89. The average Bonchev–Trinajstić information content (AvgIpc) is 2.24. The second kappa shape index (κ2) is 4.42. The molecule has 1 aromatic carbocycles. The zero-order valence-electron chi connectivity index (χ0n) is 10.3. The lowest BCUT2D eigenvalue weighted by molar-refractivity contribution is 0.259. The summed E-state index contributed by atoms with van der Waals surface area (Å²) in [5, 5.41) is -0.330. The number of hydrogen-bond acceptors (Lipinski definition) is 3. The van der Waals surface area contributed by atoms with Crippen molar-refractivity contribution in [1.29, 1.82) is 0 Å². The van der Waals surface area contributed by atoms with Crippen LogP contribution in [-0.2, 0) is 9.84 Å². The molecule has 3 nitrogen and oxygen atoms in total. The average molecular weight is 253 g/mol. The lowest BCUT2D eigenvalue weighted by Crippen LogP contribution is -2.43. The van der Waals surface area contributed by atoms with Crippen LogP contribution in [0.25, 0.3) is 0 Å². The Labute approximate surface area is 103 Å². The van der Waals surface area contributed by atoms with Crippen LogP contribution in [0.2, 0.25) is 0 Å². The minimum Gasteiger partial charge on any atom is -0.328 e. The molecule has 1 saturated carbocycles. The van der Waals surface area contributed by atoms with Gasteiger partial charge in [-0.25, -0.2) is 8.42 Å². The summed E-state index contributed by atoms with van der Waals surface area (Å²) < 4.78 is 24.8. The van der Waals surface area contributed by atoms with Gasteiger partial charge in [0.05, 0.1) is 10.1 Å². The third-order valence-electron chi connectivity index (χ3n) is 3.68. The largest absolute Gasteiger partial charge is 0.328 e. The third-order valence-corrected chi connectivity index (χ3v) is 5.96. The van der Waals surface area contributed by atoms with Crippen LogP contribution in [0.3, 0.4) is 0 Å². The van der Waals surface area contributed by atoms with Crippen molar-refractivity contribution in [3.8, 4) is 0 Å². The highest BCUT2D eigenvalue weighted by molar-refractivity contribution is 7.92. The van der Waals surface area contributed by atoms with Crippen LogP contribution in [-0.4, -0.2) is 19.7 Å². The summed E-state index contributed by atoms with van der Waals surface area (Å²) >= 11 is 0. The Morgan fingerprint density at radius 3 is 2.53 bits per heavy atom. The molecular formula is C13H19NO2S. The maximum atomic E-state index is 12.4. The molecule has 2 rings (SSSR count). The van der Waals surface area contributed by atoms with E-state index in [1.807, 2.05) is 13.0 Å². The molecule has 1 aromatic rings. The fourth-order valence-corrected chi connectivity index (χ4v) is 4.13. The van der Waals surface area contributed by atoms with Gasteiger partial charge in [0.1, 0.15) is 0 Å². The van der Waals surface area contributed by atoms with E-state index in [-0.39, 0.29) is 17.2 Å². The highest BCUT2D eigenvalue weighted by Gasteiger charge is 2.37. The summed E-state index contributed by atoms with van der Waals surface area (Å²) in [6, 6.07) is 7.31. The van der Waals surface area contributed by atoms with Crippen molar-refractivity contribution in [2.75, 3.05) is 0 Å². The number of hydrogen-bond donors (Lipinski definition) is 1. The predicted molar refractivity (Wildman–Crippen MR) is 68.5 cm³/mol. The van der Waals surface area contributed by atoms with Crippen LogP contribution in [0.5, 0.6) is 0 Å². The maximum absolute atomic E-state index is 12.4. The van der Waals surface area contributed by atoms with Gasteiger partial charge in [-0.2, -0.15) is 0 Å². The van der Waals surface area contributed by atoms with Crippen molar-refractivity contribution in [3.63, 3.8) is 0 Å². The van der Waals surface area contributed by atoms with Crippen molar-refractivity contribution in [2.24, 2.45) is 11.7 Å². The molecule has 0 saturated heterocycles. The van der Waals surface area contributed by atoms with Crippen LogP contribution >= 0.6 is 0 Å². The molecule has 1 unspecified atom stereocenters. The summed E-state index contributed by atoms with van der Waals surface area (Å²) in [6.07, 6.45) is 1.65. The number of nitrogens with two attached hydrogens (primary N) is 1. The van der Waals surface area contributed by atoms with E-state index < -0.39 is 9.84 Å². The Kier molecular flexibility index (Phi) is 3.27. The second-order valence-corrected chi connectivity index (χ2v) is 7.36. The molecule has 94 valence electrons. The molecule has 0 heterocycles. The minimum absolute atomic E-state index is 0.190. The molecule has 4 heteroatoms. The van der Waals surface area contributed by atoms with Crippen LogP contribution in [0.15, 0.2) is 29.2 Å². The van der Waals surface area contributed by atoms with Crippen LogP contribution in [0, 0.1) is 12.8 Å². The third kappa shape index (κ3) is 2.38. The minimum atomic E-state index is -3.20. The fourth-order valence-electron chi connectivity index (χ4n) is 2.35. The molecular weight excluding hydrogens is 234 g/mol. The zero-order valence-corrected chi connectivity index (χ0v) is 11.1. The Bertz CT molecular complexity index is 504. The standard InChI is InChI=1S/C13H19NO2S/c1-9-4-3-5-13(6-9)17(15,16)10(2)11-7-12(14)8-11/h3-6,10-12H,7-8,14H2,1-2H3/t10?,11-,12-. The van der Waals surface area contributed by atoms with Crippen molar-refractivity contribution < 1.29 is 8.42 Å². The molecule has 1 aliphatic carbocycles. The SMILES string of the molecule is Cc1cccc(S(=O)(=O)C(C)[C@H]2C[C@H](N)C2)c1. The quantitative estimate of drug-likeness (QED) is 0.895. The topological polar surface area (TPSA) is 60.2 Å². The lowest BCUT2D eigenvalue weighted by Gasteiger charge is -2.36. The Balaban J connectivity index is 2.24.